The molecule has 1 aromatic carbocycles. The van der Waals surface area contributed by atoms with Gasteiger partial charge >= 0.3 is 6.18 Å². The van der Waals surface area contributed by atoms with Crippen LogP contribution in [-0.4, -0.2) is 25.8 Å². The van der Waals surface area contributed by atoms with Crippen molar-refractivity contribution >= 4 is 17.4 Å². The molecule has 0 spiro atoms. The molecular formula is C22H21F3N6O. The Balaban J connectivity index is 1.60. The summed E-state index contributed by atoms with van der Waals surface area (Å²) in [5.41, 5.74) is 7.21. The van der Waals surface area contributed by atoms with Gasteiger partial charge in [0.15, 0.2) is 0 Å². The molecule has 0 saturated heterocycles. The van der Waals surface area contributed by atoms with Crippen molar-refractivity contribution in [1.29, 1.82) is 0 Å². The number of nitrogens with one attached hydrogen (secondary N) is 1. The highest BCUT2D eigenvalue weighted by molar-refractivity contribution is 5.94. The number of rotatable bonds is 4. The van der Waals surface area contributed by atoms with Crippen molar-refractivity contribution in [2.45, 2.75) is 39.2 Å². The van der Waals surface area contributed by atoms with Gasteiger partial charge in [-0.15, -0.1) is 0 Å². The van der Waals surface area contributed by atoms with E-state index in [1.165, 1.54) is 12.3 Å². The summed E-state index contributed by atoms with van der Waals surface area (Å²) < 4.78 is 39.6. The Hall–Kier alpha value is -3.69. The van der Waals surface area contributed by atoms with Crippen LogP contribution in [0.4, 0.5) is 24.7 Å². The number of alkyl halides is 3. The van der Waals surface area contributed by atoms with Crippen LogP contribution in [0, 0.1) is 6.92 Å². The monoisotopic (exact) mass is 442 g/mol. The number of halogens is 3. The standard InChI is InChI=1S/C22H21F3N6O/c1-12(15-6-16(22(23,24)25)8-17(26)7-15)28-20-18-10-31(11-19(18)29-13(2)30-20)21(32)14-4-3-5-27-9-14/h3-9,12H,10-11,26H2,1-2H3,(H,28,29,30)/t12-/m1/s1. The number of fused-ring (bicyclic) bond motifs is 1. The van der Waals surface area contributed by atoms with Crippen molar-refractivity contribution < 1.29 is 18.0 Å². The maximum absolute atomic E-state index is 13.2. The highest BCUT2D eigenvalue weighted by atomic mass is 19.4. The van der Waals surface area contributed by atoms with Gasteiger partial charge in [-0.2, -0.15) is 13.2 Å². The van der Waals surface area contributed by atoms with Gasteiger partial charge in [-0.05, 0) is 49.7 Å². The fourth-order valence-corrected chi connectivity index (χ4v) is 3.69. The lowest BCUT2D eigenvalue weighted by Crippen LogP contribution is -2.25. The topological polar surface area (TPSA) is 97.0 Å². The van der Waals surface area contributed by atoms with E-state index in [2.05, 4.69) is 20.3 Å². The van der Waals surface area contributed by atoms with Crippen LogP contribution in [0.1, 0.15) is 51.5 Å². The van der Waals surface area contributed by atoms with E-state index in [0.717, 1.165) is 17.7 Å². The van der Waals surface area contributed by atoms with Crippen molar-refractivity contribution in [3.8, 4) is 0 Å². The van der Waals surface area contributed by atoms with Crippen LogP contribution in [-0.2, 0) is 19.3 Å². The molecule has 0 aliphatic carbocycles. The zero-order chi connectivity index (χ0) is 23.0. The van der Waals surface area contributed by atoms with Crippen LogP contribution in [0.25, 0.3) is 0 Å². The molecular weight excluding hydrogens is 421 g/mol. The Kier molecular flexibility index (Phi) is 5.45. The molecule has 3 heterocycles. The molecule has 3 aromatic rings. The zero-order valence-corrected chi connectivity index (χ0v) is 17.4. The Bertz CT molecular complexity index is 1170. The third-order valence-corrected chi connectivity index (χ3v) is 5.25. The molecule has 3 N–H and O–H groups in total. The fourth-order valence-electron chi connectivity index (χ4n) is 3.69. The predicted molar refractivity (Wildman–Crippen MR) is 112 cm³/mol. The lowest BCUT2D eigenvalue weighted by atomic mass is 10.0. The number of amides is 1. The first-order valence-corrected chi connectivity index (χ1v) is 9.91. The third kappa shape index (κ3) is 4.34. The van der Waals surface area contributed by atoms with Gasteiger partial charge in [-0.1, -0.05) is 0 Å². The molecule has 2 aromatic heterocycles. The molecule has 0 unspecified atom stereocenters. The lowest BCUT2D eigenvalue weighted by Gasteiger charge is -2.19. The minimum atomic E-state index is -4.50. The third-order valence-electron chi connectivity index (χ3n) is 5.25. The Morgan fingerprint density at radius 3 is 2.69 bits per heavy atom. The molecule has 0 radical (unpaired) electrons. The summed E-state index contributed by atoms with van der Waals surface area (Å²) in [5.74, 6) is 0.800. The number of nitrogens with zero attached hydrogens (tertiary/aromatic N) is 4. The summed E-state index contributed by atoms with van der Waals surface area (Å²) in [5, 5.41) is 3.18. The number of hydrogen-bond donors (Lipinski definition) is 2. The van der Waals surface area contributed by atoms with Gasteiger partial charge in [0.1, 0.15) is 11.6 Å². The van der Waals surface area contributed by atoms with E-state index >= 15 is 0 Å². The maximum Gasteiger partial charge on any atom is 0.416 e. The van der Waals surface area contributed by atoms with Crippen molar-refractivity contribution in [3.63, 3.8) is 0 Å². The minimum Gasteiger partial charge on any atom is -0.399 e. The van der Waals surface area contributed by atoms with Crippen LogP contribution in [0.3, 0.4) is 0 Å². The van der Waals surface area contributed by atoms with Gasteiger partial charge in [0.25, 0.3) is 5.91 Å². The number of carbonyl (C=O) groups excluding carboxylic acids is 1. The van der Waals surface area contributed by atoms with E-state index < -0.39 is 17.8 Å². The van der Waals surface area contributed by atoms with Gasteiger partial charge in [0, 0.05) is 23.6 Å². The number of nitrogen functional groups attached to an aromatic ring is 1. The molecule has 0 saturated carbocycles. The molecule has 1 atom stereocenters. The van der Waals surface area contributed by atoms with Crippen LogP contribution in [0.5, 0.6) is 0 Å². The number of pyridine rings is 1. The summed E-state index contributed by atoms with van der Waals surface area (Å²) in [6, 6.07) is 6.34. The smallest absolute Gasteiger partial charge is 0.399 e. The number of aryl methyl sites for hydroxylation is 1. The quantitative estimate of drug-likeness (QED) is 0.591. The summed E-state index contributed by atoms with van der Waals surface area (Å²) in [6.45, 7) is 4.05. The van der Waals surface area contributed by atoms with E-state index in [0.29, 0.717) is 35.0 Å². The number of anilines is 2. The first-order chi connectivity index (χ1) is 15.1. The molecule has 1 aliphatic heterocycles. The second-order valence-electron chi connectivity index (χ2n) is 7.70. The average Bonchev–Trinajstić information content (AvgIpc) is 3.17. The van der Waals surface area contributed by atoms with Gasteiger partial charge in [-0.25, -0.2) is 9.97 Å². The molecule has 32 heavy (non-hydrogen) atoms. The second-order valence-corrected chi connectivity index (χ2v) is 7.70. The lowest BCUT2D eigenvalue weighted by molar-refractivity contribution is -0.137. The fraction of sp³-hybridized carbons (Fsp3) is 0.273. The molecule has 1 aliphatic rings. The molecule has 166 valence electrons. The summed E-state index contributed by atoms with van der Waals surface area (Å²) in [4.78, 5) is 27.3. The molecule has 1 amide bonds. The average molecular weight is 442 g/mol. The van der Waals surface area contributed by atoms with Crippen LogP contribution >= 0.6 is 0 Å². The van der Waals surface area contributed by atoms with Crippen LogP contribution < -0.4 is 11.1 Å². The first-order valence-electron chi connectivity index (χ1n) is 9.91. The zero-order valence-electron chi connectivity index (χ0n) is 17.4. The van der Waals surface area contributed by atoms with Crippen molar-refractivity contribution in [1.82, 2.24) is 19.9 Å². The maximum atomic E-state index is 13.2. The Labute approximate surface area is 182 Å². The SMILES string of the molecule is Cc1nc2c(c(N[C@H](C)c3cc(N)cc(C(F)(F)F)c3)n1)CN(C(=O)c1cccnc1)C2. The first kappa shape index (κ1) is 21.5. The number of aromatic nitrogens is 3. The summed E-state index contributed by atoms with van der Waals surface area (Å²) in [7, 11) is 0. The molecule has 0 bridgehead atoms. The summed E-state index contributed by atoms with van der Waals surface area (Å²) in [6.07, 6.45) is -1.40. The van der Waals surface area contributed by atoms with Crippen molar-refractivity contribution in [3.05, 3.63) is 76.5 Å². The molecule has 10 heteroatoms. The van der Waals surface area contributed by atoms with Gasteiger partial charge in [-0.3, -0.25) is 9.78 Å². The van der Waals surface area contributed by atoms with E-state index in [9.17, 15) is 18.0 Å². The van der Waals surface area contributed by atoms with E-state index in [-0.39, 0.29) is 18.1 Å². The highest BCUT2D eigenvalue weighted by Crippen LogP contribution is 2.34. The Morgan fingerprint density at radius 2 is 2.00 bits per heavy atom. The molecule has 0 fully saturated rings. The summed E-state index contributed by atoms with van der Waals surface area (Å²) >= 11 is 0. The van der Waals surface area contributed by atoms with Crippen LogP contribution in [0.2, 0.25) is 0 Å². The van der Waals surface area contributed by atoms with Gasteiger partial charge in [0.05, 0.1) is 36.0 Å². The van der Waals surface area contributed by atoms with E-state index in [1.807, 2.05) is 0 Å². The minimum absolute atomic E-state index is 0.0285. The van der Waals surface area contributed by atoms with Crippen LogP contribution in [0.15, 0.2) is 42.7 Å². The van der Waals surface area contributed by atoms with Crippen molar-refractivity contribution in [2.75, 3.05) is 11.1 Å². The highest BCUT2D eigenvalue weighted by Gasteiger charge is 2.32. The van der Waals surface area contributed by atoms with E-state index in [1.54, 1.807) is 37.1 Å². The number of carbonyl (C=O) groups is 1. The predicted octanol–water partition coefficient (Wildman–Crippen LogP) is 4.11. The number of benzene rings is 1. The number of hydrogen-bond acceptors (Lipinski definition) is 6. The van der Waals surface area contributed by atoms with Gasteiger partial charge in [0.2, 0.25) is 0 Å². The largest absolute Gasteiger partial charge is 0.416 e. The normalized spacial score (nSPS) is 14.2. The Morgan fingerprint density at radius 1 is 1.22 bits per heavy atom. The van der Waals surface area contributed by atoms with E-state index in [4.69, 9.17) is 5.73 Å². The van der Waals surface area contributed by atoms with Gasteiger partial charge < -0.3 is 16.0 Å². The molecule has 4 rings (SSSR count). The number of nitrogens with two attached hydrogens (primary N) is 1. The second kappa shape index (κ2) is 8.10. The molecule has 7 nitrogen and oxygen atoms in total. The van der Waals surface area contributed by atoms with Crippen molar-refractivity contribution in [2.24, 2.45) is 0 Å².